The Morgan fingerprint density at radius 1 is 0.973 bits per heavy atom. The average Bonchev–Trinajstić information content (AvgIpc) is 3.09. The maximum absolute atomic E-state index is 13.9. The minimum atomic E-state index is -4.74. The molecule has 2 amide bonds. The monoisotopic (exact) mass is 502 g/mol. The van der Waals surface area contributed by atoms with Gasteiger partial charge < -0.3 is 5.32 Å². The van der Waals surface area contributed by atoms with Gasteiger partial charge >= 0.3 is 6.18 Å². The Kier molecular flexibility index (Phi) is 5.78. The van der Waals surface area contributed by atoms with Gasteiger partial charge in [-0.05, 0) is 67.4 Å². The number of para-hydroxylation sites is 1. The summed E-state index contributed by atoms with van der Waals surface area (Å²) in [7, 11) is 0. The number of aromatic nitrogens is 2. The Morgan fingerprint density at radius 2 is 1.73 bits per heavy atom. The third kappa shape index (κ3) is 4.22. The lowest BCUT2D eigenvalue weighted by Gasteiger charge is -2.20. The predicted molar refractivity (Wildman–Crippen MR) is 133 cm³/mol. The number of halogens is 3. The first kappa shape index (κ1) is 24.2. The summed E-state index contributed by atoms with van der Waals surface area (Å²) < 4.78 is 41.6. The van der Waals surface area contributed by atoms with Crippen LogP contribution in [0.2, 0.25) is 0 Å². The Bertz CT molecular complexity index is 1500. The summed E-state index contributed by atoms with van der Waals surface area (Å²) in [4.78, 5) is 36.5. The molecule has 0 unspecified atom stereocenters. The highest BCUT2D eigenvalue weighted by Crippen LogP contribution is 2.48. The van der Waals surface area contributed by atoms with E-state index in [9.17, 15) is 22.8 Å². The van der Waals surface area contributed by atoms with Gasteiger partial charge in [0.25, 0.3) is 5.91 Å². The molecule has 0 spiro atoms. The van der Waals surface area contributed by atoms with Crippen LogP contribution in [0.25, 0.3) is 11.1 Å². The molecule has 0 saturated carbocycles. The number of carbonyl (C=O) groups is 2. The maximum atomic E-state index is 13.9. The summed E-state index contributed by atoms with van der Waals surface area (Å²) in [5.74, 6) is -0.765. The number of nitrogens with zero attached hydrogens (tertiary/aromatic N) is 3. The van der Waals surface area contributed by atoms with E-state index in [4.69, 9.17) is 0 Å². The number of hydrogen-bond donors (Lipinski definition) is 1. The minimum Gasteiger partial charge on any atom is -0.322 e. The number of amides is 2. The highest BCUT2D eigenvalue weighted by Gasteiger charge is 2.47. The van der Waals surface area contributed by atoms with Crippen molar-refractivity contribution in [2.45, 2.75) is 25.4 Å². The molecule has 5 rings (SSSR count). The molecule has 3 heterocycles. The second kappa shape index (κ2) is 8.85. The zero-order valence-electron chi connectivity index (χ0n) is 19.9. The number of rotatable bonds is 4. The first-order valence-corrected chi connectivity index (χ1v) is 11.4. The molecule has 1 aliphatic heterocycles. The molecule has 2 aromatic heterocycles. The van der Waals surface area contributed by atoms with Gasteiger partial charge in [0.2, 0.25) is 5.91 Å². The van der Waals surface area contributed by atoms with E-state index >= 15 is 0 Å². The predicted octanol–water partition coefficient (Wildman–Crippen LogP) is 6.37. The van der Waals surface area contributed by atoms with Gasteiger partial charge in [0.15, 0.2) is 0 Å². The second-order valence-electron chi connectivity index (χ2n) is 9.11. The Hall–Kier alpha value is -4.53. The zero-order chi connectivity index (χ0) is 26.4. The quantitative estimate of drug-likeness (QED) is 0.352. The maximum Gasteiger partial charge on any atom is 0.417 e. The number of pyridine rings is 2. The molecule has 1 N–H and O–H groups in total. The molecule has 0 atom stereocenters. The number of fused-ring (bicyclic) bond motifs is 1. The van der Waals surface area contributed by atoms with E-state index in [-0.39, 0.29) is 5.91 Å². The van der Waals surface area contributed by atoms with E-state index in [2.05, 4.69) is 15.3 Å². The van der Waals surface area contributed by atoms with Crippen LogP contribution in [0.5, 0.6) is 0 Å². The van der Waals surface area contributed by atoms with Crippen LogP contribution >= 0.6 is 0 Å². The van der Waals surface area contributed by atoms with Crippen LogP contribution in [0.3, 0.4) is 0 Å². The third-order valence-corrected chi connectivity index (χ3v) is 6.32. The second-order valence-corrected chi connectivity index (χ2v) is 9.11. The Labute approximate surface area is 210 Å². The summed E-state index contributed by atoms with van der Waals surface area (Å²) in [6.45, 7) is 3.48. The van der Waals surface area contributed by atoms with Gasteiger partial charge in [-0.15, -0.1) is 0 Å². The molecular formula is C28H21F3N4O2. The van der Waals surface area contributed by atoms with E-state index in [0.717, 1.165) is 6.07 Å². The number of hydrogen-bond acceptors (Lipinski definition) is 4. The van der Waals surface area contributed by atoms with Gasteiger partial charge in [-0.1, -0.05) is 24.3 Å². The highest BCUT2D eigenvalue weighted by molar-refractivity contribution is 6.13. The van der Waals surface area contributed by atoms with Crippen LogP contribution in [0.15, 0.2) is 85.3 Å². The number of alkyl halides is 3. The van der Waals surface area contributed by atoms with E-state index in [0.29, 0.717) is 33.9 Å². The minimum absolute atomic E-state index is 0.246. The fourth-order valence-electron chi connectivity index (χ4n) is 4.55. The van der Waals surface area contributed by atoms with Crippen molar-refractivity contribution in [1.82, 2.24) is 9.97 Å². The van der Waals surface area contributed by atoms with Crippen LogP contribution in [0.1, 0.15) is 35.3 Å². The normalized spacial score (nSPS) is 14.4. The number of nitrogens with one attached hydrogen (secondary N) is 1. The molecule has 4 aromatic rings. The van der Waals surface area contributed by atoms with E-state index in [1.807, 2.05) is 0 Å². The summed E-state index contributed by atoms with van der Waals surface area (Å²) in [6.07, 6.45) is -0.117. The van der Waals surface area contributed by atoms with Crippen molar-refractivity contribution >= 4 is 29.0 Å². The van der Waals surface area contributed by atoms with Crippen LogP contribution < -0.4 is 10.2 Å². The molecule has 6 nitrogen and oxygen atoms in total. The molecule has 0 radical (unpaired) electrons. The van der Waals surface area contributed by atoms with Crippen LogP contribution in [-0.2, 0) is 16.4 Å². The number of benzene rings is 2. The summed E-state index contributed by atoms with van der Waals surface area (Å²) >= 11 is 0. The molecular weight excluding hydrogens is 481 g/mol. The summed E-state index contributed by atoms with van der Waals surface area (Å²) in [6, 6.07) is 16.7. The van der Waals surface area contributed by atoms with Crippen molar-refractivity contribution in [1.29, 1.82) is 0 Å². The molecule has 37 heavy (non-hydrogen) atoms. The van der Waals surface area contributed by atoms with Gasteiger partial charge in [-0.2, -0.15) is 13.2 Å². The zero-order valence-corrected chi connectivity index (χ0v) is 19.9. The van der Waals surface area contributed by atoms with Crippen molar-refractivity contribution < 1.29 is 22.8 Å². The van der Waals surface area contributed by atoms with E-state index in [1.54, 1.807) is 74.8 Å². The highest BCUT2D eigenvalue weighted by atomic mass is 19.4. The Morgan fingerprint density at radius 3 is 2.41 bits per heavy atom. The van der Waals surface area contributed by atoms with Gasteiger partial charge in [-0.25, -0.2) is 4.98 Å². The van der Waals surface area contributed by atoms with Gasteiger partial charge in [0.1, 0.15) is 5.82 Å². The SMILES string of the molecule is CC1(C)C(=O)N(c2cccnc2)c2nccc(-c3ccc(C(F)(F)F)c(C(=O)Nc4ccccc4)c3)c21. The summed E-state index contributed by atoms with van der Waals surface area (Å²) in [5.41, 5.74) is -0.291. The first-order chi connectivity index (χ1) is 17.6. The lowest BCUT2D eigenvalue weighted by Crippen LogP contribution is -2.33. The molecule has 9 heteroatoms. The molecule has 2 aromatic carbocycles. The van der Waals surface area contributed by atoms with Crippen LogP contribution in [0.4, 0.5) is 30.4 Å². The Balaban J connectivity index is 1.66. The van der Waals surface area contributed by atoms with Gasteiger partial charge in [0.05, 0.1) is 28.4 Å². The fraction of sp³-hybridized carbons (Fsp3) is 0.143. The standard InChI is InChI=1S/C28H21F3N4O2/c1-27(2)23-20(12-14-33-24(23)35(26(27)37)19-9-6-13-32-16-19)17-10-11-22(28(29,30)31)21(15-17)25(36)34-18-7-4-3-5-8-18/h3-16H,1-2H3,(H,34,36). The van der Waals surface area contributed by atoms with Crippen molar-refractivity contribution in [3.05, 3.63) is 102 Å². The third-order valence-electron chi connectivity index (χ3n) is 6.32. The first-order valence-electron chi connectivity index (χ1n) is 11.4. The smallest absolute Gasteiger partial charge is 0.322 e. The topological polar surface area (TPSA) is 75.2 Å². The largest absolute Gasteiger partial charge is 0.417 e. The average molecular weight is 502 g/mol. The summed E-state index contributed by atoms with van der Waals surface area (Å²) in [5, 5.41) is 2.53. The van der Waals surface area contributed by atoms with Crippen molar-refractivity contribution in [3.63, 3.8) is 0 Å². The molecule has 0 fully saturated rings. The van der Waals surface area contributed by atoms with E-state index < -0.39 is 28.6 Å². The van der Waals surface area contributed by atoms with Crippen LogP contribution in [-0.4, -0.2) is 21.8 Å². The molecule has 0 saturated heterocycles. The molecule has 0 bridgehead atoms. The van der Waals surface area contributed by atoms with Gasteiger partial charge in [0, 0.05) is 23.6 Å². The van der Waals surface area contributed by atoms with E-state index in [1.165, 1.54) is 23.2 Å². The van der Waals surface area contributed by atoms with Crippen molar-refractivity contribution in [2.24, 2.45) is 0 Å². The van der Waals surface area contributed by atoms with Crippen LogP contribution in [0, 0.1) is 0 Å². The number of anilines is 3. The molecule has 0 aliphatic carbocycles. The number of carbonyl (C=O) groups excluding carboxylic acids is 2. The fourth-order valence-corrected chi connectivity index (χ4v) is 4.55. The van der Waals surface area contributed by atoms with Crippen molar-refractivity contribution in [2.75, 3.05) is 10.2 Å². The molecule has 1 aliphatic rings. The molecule has 186 valence electrons. The lowest BCUT2D eigenvalue weighted by atomic mass is 9.82. The lowest BCUT2D eigenvalue weighted by molar-refractivity contribution is -0.137. The van der Waals surface area contributed by atoms with Crippen molar-refractivity contribution in [3.8, 4) is 11.1 Å². The van der Waals surface area contributed by atoms with Gasteiger partial charge in [-0.3, -0.25) is 19.5 Å².